The molecule has 0 saturated carbocycles. The van der Waals surface area contributed by atoms with Gasteiger partial charge in [-0.2, -0.15) is 0 Å². The largest absolute Gasteiger partial charge is 0.495 e. The van der Waals surface area contributed by atoms with Crippen LogP contribution in [0.4, 0.5) is 5.69 Å². The Morgan fingerprint density at radius 2 is 1.70 bits per heavy atom. The van der Waals surface area contributed by atoms with E-state index in [1.807, 2.05) is 6.92 Å². The third kappa shape index (κ3) is 5.05. The minimum atomic E-state index is -3.82. The van der Waals surface area contributed by atoms with Gasteiger partial charge in [0.1, 0.15) is 10.6 Å². The van der Waals surface area contributed by atoms with E-state index in [2.05, 4.69) is 10.0 Å². The van der Waals surface area contributed by atoms with E-state index in [4.69, 9.17) is 10.5 Å². The van der Waals surface area contributed by atoms with Crippen LogP contribution in [0.25, 0.3) is 0 Å². The maximum atomic E-state index is 12.5. The van der Waals surface area contributed by atoms with Gasteiger partial charge in [-0.05, 0) is 48.9 Å². The molecule has 2 rings (SSSR count). The fourth-order valence-electron chi connectivity index (χ4n) is 2.26. The molecule has 0 aliphatic rings. The molecule has 0 atom stereocenters. The molecule has 0 aromatic heterocycles. The Balaban J connectivity index is 2.28. The summed E-state index contributed by atoms with van der Waals surface area (Å²) in [6, 6.07) is 10.2. The first-order valence-electron chi connectivity index (χ1n) is 8.17. The first kappa shape index (κ1) is 20.4. The first-order chi connectivity index (χ1) is 12.8. The Bertz CT molecular complexity index is 940. The first-order valence-corrected chi connectivity index (χ1v) is 9.65. The predicted molar refractivity (Wildman–Crippen MR) is 101 cm³/mol. The van der Waals surface area contributed by atoms with Crippen LogP contribution in [0.1, 0.15) is 34.1 Å². The number of methoxy groups -OCH3 is 1. The third-order valence-corrected chi connectivity index (χ3v) is 5.17. The average Bonchev–Trinajstić information content (AvgIpc) is 2.66. The number of rotatable bonds is 8. The number of amides is 2. The monoisotopic (exact) mass is 391 g/mol. The number of hydrogen-bond acceptors (Lipinski definition) is 5. The van der Waals surface area contributed by atoms with E-state index in [1.54, 1.807) is 0 Å². The maximum absolute atomic E-state index is 12.5. The van der Waals surface area contributed by atoms with E-state index in [0.717, 1.165) is 0 Å². The van der Waals surface area contributed by atoms with Gasteiger partial charge in [0.25, 0.3) is 5.91 Å². The van der Waals surface area contributed by atoms with Crippen LogP contribution < -0.4 is 20.5 Å². The number of anilines is 1. The normalized spacial score (nSPS) is 11.0. The van der Waals surface area contributed by atoms with E-state index in [-0.39, 0.29) is 22.8 Å². The molecule has 0 spiro atoms. The average molecular weight is 391 g/mol. The SMILES string of the molecule is CCCNS(=O)(=O)c1cc(C(=O)Nc2ccc(C(N)=O)cc2)ccc1OC. The Morgan fingerprint density at radius 1 is 1.07 bits per heavy atom. The number of nitrogens with one attached hydrogen (secondary N) is 2. The summed E-state index contributed by atoms with van der Waals surface area (Å²) in [5.74, 6) is -0.935. The molecule has 0 unspecified atom stereocenters. The van der Waals surface area contributed by atoms with Gasteiger partial charge in [0.05, 0.1) is 7.11 Å². The van der Waals surface area contributed by atoms with Crippen LogP contribution in [0.15, 0.2) is 47.4 Å². The van der Waals surface area contributed by atoms with Crippen LogP contribution >= 0.6 is 0 Å². The van der Waals surface area contributed by atoms with E-state index in [9.17, 15) is 18.0 Å². The second kappa shape index (κ2) is 8.65. The number of primary amides is 1. The summed E-state index contributed by atoms with van der Waals surface area (Å²) in [6.45, 7) is 2.11. The van der Waals surface area contributed by atoms with Crippen molar-refractivity contribution in [3.63, 3.8) is 0 Å². The van der Waals surface area contributed by atoms with Gasteiger partial charge in [0.2, 0.25) is 15.9 Å². The zero-order valence-electron chi connectivity index (χ0n) is 15.0. The molecule has 4 N–H and O–H groups in total. The molecule has 0 saturated heterocycles. The van der Waals surface area contributed by atoms with Crippen molar-refractivity contribution in [1.82, 2.24) is 4.72 Å². The number of carbonyl (C=O) groups is 2. The zero-order valence-corrected chi connectivity index (χ0v) is 15.8. The summed E-state index contributed by atoms with van der Waals surface area (Å²) < 4.78 is 32.4. The van der Waals surface area contributed by atoms with Crippen molar-refractivity contribution >= 4 is 27.5 Å². The fraction of sp³-hybridized carbons (Fsp3) is 0.222. The third-order valence-electron chi connectivity index (χ3n) is 3.68. The molecule has 2 amide bonds. The van der Waals surface area contributed by atoms with Crippen LogP contribution in [0.2, 0.25) is 0 Å². The van der Waals surface area contributed by atoms with Crippen LogP contribution in [-0.4, -0.2) is 33.9 Å². The summed E-state index contributed by atoms with van der Waals surface area (Å²) in [4.78, 5) is 23.4. The molecule has 144 valence electrons. The maximum Gasteiger partial charge on any atom is 0.255 e. The number of carbonyl (C=O) groups excluding carboxylic acids is 2. The molecule has 0 heterocycles. The number of nitrogens with two attached hydrogens (primary N) is 1. The molecule has 0 aliphatic carbocycles. The van der Waals surface area contributed by atoms with E-state index < -0.39 is 21.8 Å². The second-order valence-electron chi connectivity index (χ2n) is 5.66. The lowest BCUT2D eigenvalue weighted by atomic mass is 10.1. The molecule has 2 aromatic carbocycles. The molecule has 0 aliphatic heterocycles. The van der Waals surface area contributed by atoms with Crippen LogP contribution in [0.5, 0.6) is 5.75 Å². The molecular formula is C18H21N3O5S. The molecule has 27 heavy (non-hydrogen) atoms. The van der Waals surface area contributed by atoms with Crippen molar-refractivity contribution in [3.8, 4) is 5.75 Å². The molecule has 8 nitrogen and oxygen atoms in total. The van der Waals surface area contributed by atoms with E-state index in [1.165, 1.54) is 49.6 Å². The number of benzene rings is 2. The Labute approximate surface area is 157 Å². The number of hydrogen-bond donors (Lipinski definition) is 3. The van der Waals surface area contributed by atoms with Gasteiger partial charge in [-0.15, -0.1) is 0 Å². The van der Waals surface area contributed by atoms with Gasteiger partial charge in [0.15, 0.2) is 0 Å². The Morgan fingerprint density at radius 3 is 2.26 bits per heavy atom. The van der Waals surface area contributed by atoms with Gasteiger partial charge in [-0.25, -0.2) is 13.1 Å². The minimum Gasteiger partial charge on any atom is -0.495 e. The summed E-state index contributed by atoms with van der Waals surface area (Å²) in [5, 5.41) is 2.64. The smallest absolute Gasteiger partial charge is 0.255 e. The molecule has 0 fully saturated rings. The summed E-state index contributed by atoms with van der Waals surface area (Å²) in [6.07, 6.45) is 0.628. The second-order valence-corrected chi connectivity index (χ2v) is 7.39. The lowest BCUT2D eigenvalue weighted by molar-refractivity contribution is 0.0998. The zero-order chi connectivity index (χ0) is 20.0. The minimum absolute atomic E-state index is 0.116. The molecule has 9 heteroatoms. The van der Waals surface area contributed by atoms with Crippen molar-refractivity contribution < 1.29 is 22.7 Å². The van der Waals surface area contributed by atoms with Gasteiger partial charge in [0, 0.05) is 23.4 Å². The summed E-state index contributed by atoms with van der Waals surface area (Å²) >= 11 is 0. The fourth-order valence-corrected chi connectivity index (χ4v) is 3.59. The summed E-state index contributed by atoms with van der Waals surface area (Å²) in [5.41, 5.74) is 6.07. The van der Waals surface area contributed by atoms with Gasteiger partial charge >= 0.3 is 0 Å². The van der Waals surface area contributed by atoms with Crippen LogP contribution in [-0.2, 0) is 10.0 Å². The topological polar surface area (TPSA) is 128 Å². The van der Waals surface area contributed by atoms with Gasteiger partial charge in [-0.3, -0.25) is 9.59 Å². The van der Waals surface area contributed by atoms with Crippen molar-refractivity contribution in [3.05, 3.63) is 53.6 Å². The highest BCUT2D eigenvalue weighted by molar-refractivity contribution is 7.89. The number of sulfonamides is 1. The lowest BCUT2D eigenvalue weighted by Crippen LogP contribution is -2.25. The van der Waals surface area contributed by atoms with E-state index in [0.29, 0.717) is 17.7 Å². The molecular weight excluding hydrogens is 370 g/mol. The highest BCUT2D eigenvalue weighted by Crippen LogP contribution is 2.25. The Hall–Kier alpha value is -2.91. The van der Waals surface area contributed by atoms with Gasteiger partial charge in [-0.1, -0.05) is 6.92 Å². The van der Waals surface area contributed by atoms with Crippen LogP contribution in [0, 0.1) is 0 Å². The molecule has 0 radical (unpaired) electrons. The number of ether oxygens (including phenoxy) is 1. The van der Waals surface area contributed by atoms with Gasteiger partial charge < -0.3 is 15.8 Å². The lowest BCUT2D eigenvalue weighted by Gasteiger charge is -2.12. The highest BCUT2D eigenvalue weighted by atomic mass is 32.2. The molecule has 2 aromatic rings. The van der Waals surface area contributed by atoms with Crippen molar-refractivity contribution in [2.45, 2.75) is 18.2 Å². The van der Waals surface area contributed by atoms with Crippen molar-refractivity contribution in [2.24, 2.45) is 5.73 Å². The highest BCUT2D eigenvalue weighted by Gasteiger charge is 2.21. The standard InChI is InChI=1S/C18H21N3O5S/c1-3-10-20-27(24,25)16-11-13(6-9-15(16)26-2)18(23)21-14-7-4-12(5-8-14)17(19)22/h4-9,11,20H,3,10H2,1-2H3,(H2,19,22)(H,21,23). The summed E-state index contributed by atoms with van der Waals surface area (Å²) in [7, 11) is -2.46. The van der Waals surface area contributed by atoms with Crippen LogP contribution in [0.3, 0.4) is 0 Å². The molecule has 0 bridgehead atoms. The predicted octanol–water partition coefficient (Wildman–Crippen LogP) is 1.73. The van der Waals surface area contributed by atoms with Crippen molar-refractivity contribution in [1.29, 1.82) is 0 Å². The van der Waals surface area contributed by atoms with Crippen molar-refractivity contribution in [2.75, 3.05) is 19.0 Å². The van der Waals surface area contributed by atoms with E-state index >= 15 is 0 Å². The quantitative estimate of drug-likeness (QED) is 0.631. The Kier molecular flexibility index (Phi) is 6.54.